The van der Waals surface area contributed by atoms with Gasteiger partial charge in [-0.25, -0.2) is 0 Å². The molecular weight excluding hydrogens is 297 g/mol. The molecule has 5 nitrogen and oxygen atoms in total. The normalized spacial score (nSPS) is 18.5. The van der Waals surface area contributed by atoms with Crippen molar-refractivity contribution in [3.8, 4) is 0 Å². The Bertz CT molecular complexity index is 506. The second kappa shape index (κ2) is 6.68. The van der Waals surface area contributed by atoms with E-state index in [0.29, 0.717) is 32.4 Å². The maximum absolute atomic E-state index is 12.6. The molecule has 2 rings (SSSR count). The maximum Gasteiger partial charge on any atom is 0.435 e. The van der Waals surface area contributed by atoms with Gasteiger partial charge in [0, 0.05) is 19.3 Å². The minimum atomic E-state index is -4.42. The SMILES string of the molecule is CCCC(N)C(=O)N1CCC(n2ccc(C(F)(F)F)n2)CC1. The lowest BCUT2D eigenvalue weighted by atomic mass is 10.0. The van der Waals surface area contributed by atoms with Crippen LogP contribution in [0.3, 0.4) is 0 Å². The molecular formula is C14H21F3N4O. The van der Waals surface area contributed by atoms with Gasteiger partial charge in [0.2, 0.25) is 5.91 Å². The van der Waals surface area contributed by atoms with Gasteiger partial charge in [-0.15, -0.1) is 0 Å². The van der Waals surface area contributed by atoms with Crippen molar-refractivity contribution in [2.45, 2.75) is 50.9 Å². The number of hydrogen-bond donors (Lipinski definition) is 1. The van der Waals surface area contributed by atoms with E-state index >= 15 is 0 Å². The standard InChI is InChI=1S/C14H21F3N4O/c1-2-3-11(18)13(22)20-7-4-10(5-8-20)21-9-6-12(19-21)14(15,16)17/h6,9-11H,2-5,7-8,18H2,1H3. The largest absolute Gasteiger partial charge is 0.435 e. The summed E-state index contributed by atoms with van der Waals surface area (Å²) in [5.74, 6) is -0.0725. The zero-order chi connectivity index (χ0) is 16.3. The van der Waals surface area contributed by atoms with Crippen LogP contribution < -0.4 is 5.73 Å². The summed E-state index contributed by atoms with van der Waals surface area (Å²) in [6.45, 7) is 2.97. The van der Waals surface area contributed by atoms with E-state index in [1.54, 1.807) is 4.90 Å². The number of rotatable bonds is 4. The van der Waals surface area contributed by atoms with E-state index in [9.17, 15) is 18.0 Å². The Hall–Kier alpha value is -1.57. The van der Waals surface area contributed by atoms with Gasteiger partial charge in [-0.2, -0.15) is 18.3 Å². The van der Waals surface area contributed by atoms with E-state index in [1.165, 1.54) is 10.9 Å². The van der Waals surface area contributed by atoms with Gasteiger partial charge in [-0.05, 0) is 25.3 Å². The van der Waals surface area contributed by atoms with E-state index in [0.717, 1.165) is 12.5 Å². The van der Waals surface area contributed by atoms with Crippen molar-refractivity contribution in [3.05, 3.63) is 18.0 Å². The molecule has 124 valence electrons. The highest BCUT2D eigenvalue weighted by Gasteiger charge is 2.34. The van der Waals surface area contributed by atoms with E-state index in [-0.39, 0.29) is 11.9 Å². The fourth-order valence-electron chi connectivity index (χ4n) is 2.71. The Morgan fingerprint density at radius 3 is 2.59 bits per heavy atom. The van der Waals surface area contributed by atoms with Crippen LogP contribution in [0, 0.1) is 0 Å². The average molecular weight is 318 g/mol. The van der Waals surface area contributed by atoms with Gasteiger partial charge in [0.15, 0.2) is 5.69 Å². The zero-order valence-corrected chi connectivity index (χ0v) is 12.5. The molecule has 0 aromatic carbocycles. The third-order valence-electron chi connectivity index (χ3n) is 3.97. The number of halogens is 3. The average Bonchev–Trinajstić information content (AvgIpc) is 2.97. The van der Waals surface area contributed by atoms with E-state index in [2.05, 4.69) is 5.10 Å². The topological polar surface area (TPSA) is 64.2 Å². The lowest BCUT2D eigenvalue weighted by Gasteiger charge is -2.33. The minimum Gasteiger partial charge on any atom is -0.341 e. The van der Waals surface area contributed by atoms with Crippen molar-refractivity contribution in [1.29, 1.82) is 0 Å². The molecule has 0 bridgehead atoms. The zero-order valence-electron chi connectivity index (χ0n) is 12.5. The molecule has 8 heteroatoms. The van der Waals surface area contributed by atoms with E-state index in [1.807, 2.05) is 6.92 Å². The molecule has 1 amide bonds. The van der Waals surface area contributed by atoms with E-state index in [4.69, 9.17) is 5.73 Å². The fraction of sp³-hybridized carbons (Fsp3) is 0.714. The van der Waals surface area contributed by atoms with Crippen molar-refractivity contribution >= 4 is 5.91 Å². The van der Waals surface area contributed by atoms with Crippen LogP contribution in [-0.4, -0.2) is 39.7 Å². The Labute approximate surface area is 127 Å². The number of carbonyl (C=O) groups excluding carboxylic acids is 1. The monoisotopic (exact) mass is 318 g/mol. The second-order valence-electron chi connectivity index (χ2n) is 5.63. The number of piperidine rings is 1. The summed E-state index contributed by atoms with van der Waals surface area (Å²) in [5, 5.41) is 3.60. The molecule has 2 N–H and O–H groups in total. The van der Waals surface area contributed by atoms with Crippen LogP contribution in [0.25, 0.3) is 0 Å². The number of likely N-dealkylation sites (tertiary alicyclic amines) is 1. The molecule has 1 aromatic heterocycles. The van der Waals surface area contributed by atoms with Crippen molar-refractivity contribution in [2.24, 2.45) is 5.73 Å². The van der Waals surface area contributed by atoms with Crippen molar-refractivity contribution in [1.82, 2.24) is 14.7 Å². The van der Waals surface area contributed by atoms with Gasteiger partial charge in [0.05, 0.1) is 12.1 Å². The highest BCUT2D eigenvalue weighted by Crippen LogP contribution is 2.29. The summed E-state index contributed by atoms with van der Waals surface area (Å²) >= 11 is 0. The Morgan fingerprint density at radius 2 is 2.09 bits per heavy atom. The van der Waals surface area contributed by atoms with Gasteiger partial charge in [0.1, 0.15) is 0 Å². The van der Waals surface area contributed by atoms with Crippen LogP contribution in [0.1, 0.15) is 44.3 Å². The Morgan fingerprint density at radius 1 is 1.45 bits per heavy atom. The molecule has 1 aliphatic rings. The summed E-state index contributed by atoms with van der Waals surface area (Å²) in [5.41, 5.74) is 4.94. The number of nitrogens with zero attached hydrogens (tertiary/aromatic N) is 3. The minimum absolute atomic E-state index is 0.0725. The van der Waals surface area contributed by atoms with Crippen molar-refractivity contribution < 1.29 is 18.0 Å². The predicted molar refractivity (Wildman–Crippen MR) is 75.0 cm³/mol. The smallest absolute Gasteiger partial charge is 0.341 e. The van der Waals surface area contributed by atoms with Crippen LogP contribution >= 0.6 is 0 Å². The number of aromatic nitrogens is 2. The Kier molecular flexibility index (Phi) is 5.10. The van der Waals surface area contributed by atoms with Gasteiger partial charge < -0.3 is 10.6 Å². The number of amides is 1. The first kappa shape index (κ1) is 16.8. The molecule has 1 aromatic rings. The van der Waals surface area contributed by atoms with Crippen molar-refractivity contribution in [3.63, 3.8) is 0 Å². The number of alkyl halides is 3. The molecule has 1 atom stereocenters. The van der Waals surface area contributed by atoms with Crippen LogP contribution in [0.4, 0.5) is 13.2 Å². The quantitative estimate of drug-likeness (QED) is 0.925. The number of hydrogen-bond acceptors (Lipinski definition) is 3. The summed E-state index contributed by atoms with van der Waals surface area (Å²) < 4.78 is 39.0. The molecule has 0 radical (unpaired) electrons. The summed E-state index contributed by atoms with van der Waals surface area (Å²) in [6.07, 6.45) is -0.403. The maximum atomic E-state index is 12.6. The molecule has 1 saturated heterocycles. The second-order valence-corrected chi connectivity index (χ2v) is 5.63. The van der Waals surface area contributed by atoms with E-state index < -0.39 is 17.9 Å². The molecule has 0 saturated carbocycles. The van der Waals surface area contributed by atoms with Crippen LogP contribution in [0.2, 0.25) is 0 Å². The van der Waals surface area contributed by atoms with Crippen LogP contribution in [-0.2, 0) is 11.0 Å². The molecule has 1 aliphatic heterocycles. The number of carbonyl (C=O) groups is 1. The predicted octanol–water partition coefficient (Wildman–Crippen LogP) is 2.19. The first-order valence-electron chi connectivity index (χ1n) is 7.49. The molecule has 2 heterocycles. The Balaban J connectivity index is 1.92. The first-order chi connectivity index (χ1) is 10.3. The van der Waals surface area contributed by atoms with Crippen molar-refractivity contribution in [2.75, 3.05) is 13.1 Å². The lowest BCUT2D eigenvalue weighted by molar-refractivity contribution is -0.141. The third kappa shape index (κ3) is 3.79. The fourth-order valence-corrected chi connectivity index (χ4v) is 2.71. The molecule has 1 unspecified atom stereocenters. The van der Waals surface area contributed by atoms with Crippen LogP contribution in [0.15, 0.2) is 12.3 Å². The lowest BCUT2D eigenvalue weighted by Crippen LogP contribution is -2.47. The van der Waals surface area contributed by atoms with Gasteiger partial charge >= 0.3 is 6.18 Å². The summed E-state index contributed by atoms with van der Waals surface area (Å²) in [7, 11) is 0. The highest BCUT2D eigenvalue weighted by molar-refractivity contribution is 5.81. The summed E-state index contributed by atoms with van der Waals surface area (Å²) in [6, 6.07) is 0.389. The molecule has 0 aliphatic carbocycles. The highest BCUT2D eigenvalue weighted by atomic mass is 19.4. The van der Waals surface area contributed by atoms with Gasteiger partial charge in [-0.1, -0.05) is 13.3 Å². The molecule has 0 spiro atoms. The third-order valence-corrected chi connectivity index (χ3v) is 3.97. The molecule has 1 fully saturated rings. The van der Waals surface area contributed by atoms with Gasteiger partial charge in [0.25, 0.3) is 0 Å². The van der Waals surface area contributed by atoms with Crippen LogP contribution in [0.5, 0.6) is 0 Å². The van der Waals surface area contributed by atoms with Gasteiger partial charge in [-0.3, -0.25) is 9.48 Å². The first-order valence-corrected chi connectivity index (χ1v) is 7.49. The summed E-state index contributed by atoms with van der Waals surface area (Å²) in [4.78, 5) is 13.8. The molecule has 22 heavy (non-hydrogen) atoms. The number of nitrogens with two attached hydrogens (primary N) is 1.